The largest absolute Gasteiger partial charge is 0.360 e. The first-order chi connectivity index (χ1) is 17.4. The molecule has 1 heterocycles. The molecule has 10 heteroatoms. The van der Waals surface area contributed by atoms with Crippen LogP contribution in [0, 0.1) is 11.2 Å². The molecule has 2 N–H and O–H groups in total. The van der Waals surface area contributed by atoms with E-state index in [1.807, 2.05) is 20.8 Å². The molecule has 2 aromatic rings. The third kappa shape index (κ3) is 4.34. The quantitative estimate of drug-likeness (QED) is 0.491. The fourth-order valence-electron chi connectivity index (χ4n) is 5.99. The van der Waals surface area contributed by atoms with E-state index in [0.29, 0.717) is 31.4 Å². The molecule has 0 spiro atoms. The smallest absolute Gasteiger partial charge is 0.245 e. The molecule has 3 aliphatic carbocycles. The number of hydrogen-bond donors (Lipinski definition) is 2. The van der Waals surface area contributed by atoms with Gasteiger partial charge in [-0.2, -0.15) is 4.31 Å². The minimum atomic E-state index is -3.86. The lowest BCUT2D eigenvalue weighted by atomic mass is 9.38. The number of amidine groups is 1. The second-order valence-electron chi connectivity index (χ2n) is 11.1. The molecule has 0 unspecified atom stereocenters. The molecule has 2 bridgehead atoms. The summed E-state index contributed by atoms with van der Waals surface area (Å²) in [7, 11) is -3.86. The molecular weight excluding hydrogens is 515 g/mol. The van der Waals surface area contributed by atoms with Gasteiger partial charge in [0.2, 0.25) is 15.9 Å². The average molecular weight is 547 g/mol. The maximum atomic E-state index is 14.2. The van der Waals surface area contributed by atoms with Gasteiger partial charge in [-0.05, 0) is 69.4 Å². The van der Waals surface area contributed by atoms with Crippen LogP contribution in [0.4, 0.5) is 4.39 Å². The van der Waals surface area contributed by atoms with E-state index in [2.05, 4.69) is 10.6 Å². The van der Waals surface area contributed by atoms with Gasteiger partial charge in [0.05, 0.1) is 15.5 Å². The Bertz CT molecular complexity index is 1340. The molecule has 3 fully saturated rings. The van der Waals surface area contributed by atoms with E-state index >= 15 is 0 Å². The third-order valence-electron chi connectivity index (χ3n) is 7.87. The number of aliphatic imine (C=N–C) groups is 1. The standard InChI is InChI=1S/C27H32ClFN4O3S/c1-4-12-30-23(34)22-25(2,3)32-24(31-22)26-15-27(16-26,17-26)33(14-18-10-11-20(28)21(29)13-18)37(35,36)19-8-6-5-7-9-19/h5-11,13,22H,4,12,14-17H2,1-3H3,(H,30,34)(H,31,32)/t22-,26?,27?/m0/s1. The number of benzene rings is 2. The Morgan fingerprint density at radius 1 is 1.19 bits per heavy atom. The van der Waals surface area contributed by atoms with Crippen LogP contribution in [0.2, 0.25) is 5.02 Å². The van der Waals surface area contributed by atoms with Gasteiger partial charge in [-0.3, -0.25) is 9.79 Å². The van der Waals surface area contributed by atoms with Crippen LogP contribution in [0.3, 0.4) is 0 Å². The first-order valence-electron chi connectivity index (χ1n) is 12.6. The fourth-order valence-corrected chi connectivity index (χ4v) is 7.88. The lowest BCUT2D eigenvalue weighted by Gasteiger charge is -2.72. The van der Waals surface area contributed by atoms with E-state index in [-0.39, 0.29) is 27.8 Å². The zero-order valence-electron chi connectivity index (χ0n) is 21.2. The lowest BCUT2D eigenvalue weighted by Crippen LogP contribution is -2.78. The van der Waals surface area contributed by atoms with E-state index in [0.717, 1.165) is 12.3 Å². The van der Waals surface area contributed by atoms with Crippen LogP contribution in [-0.4, -0.2) is 48.1 Å². The van der Waals surface area contributed by atoms with Gasteiger partial charge in [-0.1, -0.05) is 42.8 Å². The van der Waals surface area contributed by atoms with Gasteiger partial charge in [-0.25, -0.2) is 12.8 Å². The number of rotatable bonds is 9. The van der Waals surface area contributed by atoms with Crippen LogP contribution in [-0.2, 0) is 21.4 Å². The lowest BCUT2D eigenvalue weighted by molar-refractivity contribution is -0.151. The van der Waals surface area contributed by atoms with E-state index in [9.17, 15) is 17.6 Å². The summed E-state index contributed by atoms with van der Waals surface area (Å²) in [5.74, 6) is 0.125. The zero-order valence-corrected chi connectivity index (χ0v) is 22.8. The van der Waals surface area contributed by atoms with Crippen molar-refractivity contribution in [3.05, 3.63) is 64.9 Å². The highest BCUT2D eigenvalue weighted by molar-refractivity contribution is 7.89. The van der Waals surface area contributed by atoms with Gasteiger partial charge < -0.3 is 10.6 Å². The molecule has 198 valence electrons. The normalized spacial score (nSPS) is 27.6. The molecule has 37 heavy (non-hydrogen) atoms. The van der Waals surface area contributed by atoms with Gasteiger partial charge in [0, 0.05) is 24.0 Å². The summed E-state index contributed by atoms with van der Waals surface area (Å²) in [5.41, 5.74) is -0.953. The maximum Gasteiger partial charge on any atom is 0.245 e. The van der Waals surface area contributed by atoms with Gasteiger partial charge in [0.25, 0.3) is 0 Å². The molecule has 0 radical (unpaired) electrons. The summed E-state index contributed by atoms with van der Waals surface area (Å²) in [6.07, 6.45) is 2.62. The Kier molecular flexibility index (Phi) is 6.40. The maximum absolute atomic E-state index is 14.2. The fraction of sp³-hybridized carbons (Fsp3) is 0.481. The van der Waals surface area contributed by atoms with E-state index in [1.165, 1.54) is 16.4 Å². The summed E-state index contributed by atoms with van der Waals surface area (Å²) in [4.78, 5) is 17.8. The van der Waals surface area contributed by atoms with E-state index < -0.39 is 33.0 Å². The highest BCUT2D eigenvalue weighted by atomic mass is 35.5. The summed E-state index contributed by atoms with van der Waals surface area (Å²) in [5, 5.41) is 6.31. The first kappa shape index (κ1) is 26.1. The molecule has 1 amide bonds. The van der Waals surface area contributed by atoms with Crippen LogP contribution >= 0.6 is 11.6 Å². The molecular formula is C27H32ClFN4O3S. The second-order valence-corrected chi connectivity index (χ2v) is 13.4. The molecule has 2 aromatic carbocycles. The van der Waals surface area contributed by atoms with Crippen molar-refractivity contribution in [2.24, 2.45) is 10.4 Å². The Balaban J connectivity index is 1.40. The number of hydrogen-bond acceptors (Lipinski definition) is 5. The molecule has 1 aliphatic heterocycles. The van der Waals surface area contributed by atoms with Crippen molar-refractivity contribution in [1.82, 2.24) is 14.9 Å². The van der Waals surface area contributed by atoms with E-state index in [1.54, 1.807) is 36.4 Å². The Labute approximate surface area is 222 Å². The average Bonchev–Trinajstić information content (AvgIpc) is 3.12. The van der Waals surface area contributed by atoms with Crippen molar-refractivity contribution in [1.29, 1.82) is 0 Å². The summed E-state index contributed by atoms with van der Waals surface area (Å²) >= 11 is 5.86. The van der Waals surface area contributed by atoms with Crippen molar-refractivity contribution >= 4 is 33.4 Å². The van der Waals surface area contributed by atoms with Crippen LogP contribution < -0.4 is 10.6 Å². The predicted molar refractivity (Wildman–Crippen MR) is 141 cm³/mol. The minimum absolute atomic E-state index is 0.00357. The minimum Gasteiger partial charge on any atom is -0.360 e. The molecule has 7 nitrogen and oxygen atoms in total. The third-order valence-corrected chi connectivity index (χ3v) is 10.1. The second kappa shape index (κ2) is 9.06. The van der Waals surface area contributed by atoms with Crippen molar-refractivity contribution in [3.8, 4) is 0 Å². The Morgan fingerprint density at radius 3 is 2.49 bits per heavy atom. The van der Waals surface area contributed by atoms with Gasteiger partial charge in [0.1, 0.15) is 17.7 Å². The number of amides is 1. The molecule has 0 aromatic heterocycles. The number of carbonyl (C=O) groups is 1. The molecule has 0 saturated heterocycles. The highest BCUT2D eigenvalue weighted by Gasteiger charge is 2.75. The summed E-state index contributed by atoms with van der Waals surface area (Å²) < 4.78 is 43.4. The predicted octanol–water partition coefficient (Wildman–Crippen LogP) is 4.27. The zero-order chi connectivity index (χ0) is 26.6. The van der Waals surface area contributed by atoms with Gasteiger partial charge in [-0.15, -0.1) is 0 Å². The molecule has 1 atom stereocenters. The van der Waals surface area contributed by atoms with Crippen LogP contribution in [0.5, 0.6) is 0 Å². The number of nitrogens with zero attached hydrogens (tertiary/aromatic N) is 2. The number of carbonyl (C=O) groups excluding carboxylic acids is 1. The van der Waals surface area contributed by atoms with Crippen molar-refractivity contribution < 1.29 is 17.6 Å². The topological polar surface area (TPSA) is 90.9 Å². The molecule has 3 saturated carbocycles. The Hall–Kier alpha value is -2.49. The van der Waals surface area contributed by atoms with Crippen molar-refractivity contribution in [2.75, 3.05) is 6.54 Å². The monoisotopic (exact) mass is 546 g/mol. The number of sulfonamides is 1. The SMILES string of the molecule is CCCNC(=O)[C@@H]1NC(C23CC(N(Cc4ccc(Cl)c(F)c4)S(=O)(=O)c4ccccc4)(C2)C3)=NC1(C)C. The summed E-state index contributed by atoms with van der Waals surface area (Å²) in [6, 6.07) is 12.2. The molecule has 4 aliphatic rings. The van der Waals surface area contributed by atoms with Crippen LogP contribution in [0.25, 0.3) is 0 Å². The first-order valence-corrected chi connectivity index (χ1v) is 14.4. The van der Waals surface area contributed by atoms with E-state index in [4.69, 9.17) is 16.6 Å². The Morgan fingerprint density at radius 2 is 1.86 bits per heavy atom. The van der Waals surface area contributed by atoms with Crippen LogP contribution in [0.1, 0.15) is 52.0 Å². The van der Waals surface area contributed by atoms with Crippen molar-refractivity contribution in [3.63, 3.8) is 0 Å². The number of halogens is 2. The molecule has 6 rings (SSSR count). The number of nitrogens with one attached hydrogen (secondary N) is 2. The van der Waals surface area contributed by atoms with Crippen LogP contribution in [0.15, 0.2) is 58.4 Å². The highest BCUT2D eigenvalue weighted by Crippen LogP contribution is 2.71. The van der Waals surface area contributed by atoms with Gasteiger partial charge in [0.15, 0.2) is 0 Å². The van der Waals surface area contributed by atoms with Crippen molar-refractivity contribution in [2.45, 2.75) is 75.0 Å². The summed E-state index contributed by atoms with van der Waals surface area (Å²) in [6.45, 7) is 6.52. The van der Waals surface area contributed by atoms with Gasteiger partial charge >= 0.3 is 0 Å².